The number of anilines is 2. The number of carbonyl (C=O) groups excluding carboxylic acids is 2. The number of carboxylic acids is 1. The van der Waals surface area contributed by atoms with Crippen LogP contribution in [0.3, 0.4) is 0 Å². The second-order valence-electron chi connectivity index (χ2n) is 15.9. The van der Waals surface area contributed by atoms with E-state index in [9.17, 15) is 19.2 Å². The van der Waals surface area contributed by atoms with Crippen molar-refractivity contribution in [3.63, 3.8) is 0 Å². The number of amides is 2. The lowest BCUT2D eigenvalue weighted by molar-refractivity contribution is -0.134. The Balaban J connectivity index is 0.000000208. The molecule has 352 valence electrons. The van der Waals surface area contributed by atoms with Gasteiger partial charge in [0.05, 0.1) is 20.9 Å². The molecule has 0 saturated carbocycles. The Labute approximate surface area is 413 Å². The largest absolute Gasteiger partial charge is 0.481 e. The number of hydrogen-bond acceptors (Lipinski definition) is 13. The first-order valence-corrected chi connectivity index (χ1v) is 24.4. The molecule has 2 fully saturated rings. The third kappa shape index (κ3) is 11.8. The van der Waals surface area contributed by atoms with Crippen LogP contribution in [0.2, 0.25) is 0 Å². The van der Waals surface area contributed by atoms with Crippen LogP contribution in [0.4, 0.5) is 11.6 Å². The average Bonchev–Trinajstić information content (AvgIpc) is 3.74. The predicted octanol–water partition coefficient (Wildman–Crippen LogP) is 9.67. The van der Waals surface area contributed by atoms with Gasteiger partial charge in [0.15, 0.2) is 0 Å². The number of carboxylic acid groups (broad SMARTS) is 1. The lowest BCUT2D eigenvalue weighted by atomic mass is 10.1. The van der Waals surface area contributed by atoms with Crippen LogP contribution in [-0.4, -0.2) is 73.2 Å². The maximum atomic E-state index is 13.5. The van der Waals surface area contributed by atoms with Crippen molar-refractivity contribution in [3.8, 4) is 0 Å². The smallest absolute Gasteiger partial charge is 0.300 e. The minimum Gasteiger partial charge on any atom is -0.481 e. The Morgan fingerprint density at radius 1 is 0.647 bits per heavy atom. The monoisotopic (exact) mass is 988 g/mol. The van der Waals surface area contributed by atoms with E-state index < -0.39 is 5.97 Å². The van der Waals surface area contributed by atoms with Crippen LogP contribution in [0.15, 0.2) is 117 Å². The van der Waals surface area contributed by atoms with Crippen molar-refractivity contribution < 1.29 is 19.5 Å². The fraction of sp³-hybridized carbons (Fsp3) is 0.260. The number of nitrogens with one attached hydrogen (secondary N) is 2. The molecule has 6 heterocycles. The molecule has 0 radical (unpaired) electrons. The number of thioether (sulfide) groups is 2. The van der Waals surface area contributed by atoms with Gasteiger partial charge in [-0.3, -0.25) is 42.6 Å². The highest BCUT2D eigenvalue weighted by Gasteiger charge is 2.33. The van der Waals surface area contributed by atoms with Gasteiger partial charge in [0.2, 0.25) is 0 Å². The third-order valence-corrected chi connectivity index (χ3v) is 13.4. The summed E-state index contributed by atoms with van der Waals surface area (Å²) in [6, 6.07) is 27.2. The van der Waals surface area contributed by atoms with E-state index in [4.69, 9.17) is 44.3 Å². The minimum absolute atomic E-state index is 0.0867. The summed E-state index contributed by atoms with van der Waals surface area (Å²) < 4.78 is 4.07. The second-order valence-corrected chi connectivity index (χ2v) is 19.2. The van der Waals surface area contributed by atoms with E-state index in [0.717, 1.165) is 42.0 Å². The molecular weight excluding hydrogens is 937 g/mol. The summed E-state index contributed by atoms with van der Waals surface area (Å²) >= 11 is 13.2. The Morgan fingerprint density at radius 2 is 1.00 bits per heavy atom. The Bertz CT molecular complexity index is 2880. The van der Waals surface area contributed by atoms with Crippen molar-refractivity contribution >= 4 is 109 Å². The van der Waals surface area contributed by atoms with Crippen LogP contribution in [0.25, 0.3) is 23.4 Å². The van der Waals surface area contributed by atoms with Crippen molar-refractivity contribution in [2.45, 2.75) is 73.4 Å². The van der Waals surface area contributed by atoms with Crippen LogP contribution < -0.4 is 21.8 Å². The Kier molecular flexibility index (Phi) is 17.2. The number of fused-ring (bicyclic) bond motifs is 2. The summed E-state index contributed by atoms with van der Waals surface area (Å²) in [6.45, 7) is 14.1. The van der Waals surface area contributed by atoms with Gasteiger partial charge in [-0.2, -0.15) is 0 Å². The first-order valence-electron chi connectivity index (χ1n) is 21.9. The van der Waals surface area contributed by atoms with E-state index in [1.165, 1.54) is 32.3 Å². The van der Waals surface area contributed by atoms with E-state index in [1.54, 1.807) is 34.3 Å². The molecule has 6 aromatic rings. The van der Waals surface area contributed by atoms with Gasteiger partial charge in [-0.25, -0.2) is 9.97 Å². The third-order valence-electron chi connectivity index (χ3n) is 10.7. The van der Waals surface area contributed by atoms with Crippen LogP contribution in [0, 0.1) is 13.8 Å². The fourth-order valence-electron chi connectivity index (χ4n) is 7.26. The lowest BCUT2D eigenvalue weighted by Gasteiger charge is -2.18. The number of hydrogen-bond donors (Lipinski definition) is 3. The van der Waals surface area contributed by atoms with E-state index >= 15 is 0 Å². The van der Waals surface area contributed by atoms with E-state index in [2.05, 4.69) is 10.6 Å². The second kappa shape index (κ2) is 23.0. The first kappa shape index (κ1) is 50.9. The van der Waals surface area contributed by atoms with Gasteiger partial charge in [-0.15, -0.1) is 0 Å². The summed E-state index contributed by atoms with van der Waals surface area (Å²) in [5.74, 6) is -0.280. The summed E-state index contributed by atoms with van der Waals surface area (Å²) in [5, 5.41) is 14.2. The molecule has 2 unspecified atom stereocenters. The molecule has 2 aliphatic rings. The number of nitrogens with zero attached hydrogens (tertiary/aromatic N) is 6. The molecule has 18 heteroatoms. The maximum absolute atomic E-state index is 13.5. The number of thiocarbonyl (C=S) groups is 2. The summed E-state index contributed by atoms with van der Waals surface area (Å²) in [5.41, 5.74) is 5.29. The molecule has 2 aromatic carbocycles. The molecule has 0 spiro atoms. The minimum atomic E-state index is -0.833. The number of rotatable bonds is 12. The molecule has 0 aliphatic carbocycles. The van der Waals surface area contributed by atoms with Crippen LogP contribution >= 0.6 is 48.0 Å². The van der Waals surface area contributed by atoms with E-state index in [1.807, 2.05) is 126 Å². The predicted molar refractivity (Wildman–Crippen MR) is 283 cm³/mol. The van der Waals surface area contributed by atoms with Crippen LogP contribution in [0.5, 0.6) is 0 Å². The average molecular weight is 989 g/mol. The standard InChI is InChI=1S/2C24H24N4O2S2.C2H4O2/c2*1-4-12-28-23(30)19(32-24(28)31)14-18-20(25-16(3)17-10-6-5-7-11-17)26-21-15(2)9-8-13-27(21)22(18)29;1-2(3)4/h2*5-11,13-14,16,25H,4,12H2,1-3H3;1H3,(H,3,4)/b2*19-14-;. The number of pyridine rings is 2. The highest BCUT2D eigenvalue weighted by Crippen LogP contribution is 2.35. The number of carbonyl (C=O) groups is 3. The molecular formula is C50H52N8O6S4. The molecule has 2 aliphatic heterocycles. The van der Waals surface area contributed by atoms with Gasteiger partial charge in [-0.05, 0) is 87.1 Å². The van der Waals surface area contributed by atoms with Crippen LogP contribution in [0.1, 0.15) is 92.9 Å². The van der Waals surface area contributed by atoms with Gasteiger partial charge in [0.1, 0.15) is 31.6 Å². The van der Waals surface area contributed by atoms with Crippen molar-refractivity contribution in [3.05, 3.63) is 161 Å². The van der Waals surface area contributed by atoms with Crippen molar-refractivity contribution in [2.75, 3.05) is 23.7 Å². The zero-order valence-electron chi connectivity index (χ0n) is 38.7. The molecule has 0 bridgehead atoms. The molecule has 2 atom stereocenters. The number of aliphatic carboxylic acids is 1. The molecule has 2 amide bonds. The zero-order valence-corrected chi connectivity index (χ0v) is 41.9. The Morgan fingerprint density at radius 3 is 1.34 bits per heavy atom. The van der Waals surface area contributed by atoms with Gasteiger partial charge in [0.25, 0.3) is 28.9 Å². The van der Waals surface area contributed by atoms with Gasteiger partial charge < -0.3 is 15.7 Å². The normalized spacial score (nSPS) is 15.6. The molecule has 4 aromatic heterocycles. The number of benzene rings is 2. The lowest BCUT2D eigenvalue weighted by Crippen LogP contribution is -2.28. The van der Waals surface area contributed by atoms with Crippen molar-refractivity contribution in [1.29, 1.82) is 0 Å². The van der Waals surface area contributed by atoms with Crippen LogP contribution in [-0.2, 0) is 14.4 Å². The highest BCUT2D eigenvalue weighted by atomic mass is 32.2. The van der Waals surface area contributed by atoms with E-state index in [0.29, 0.717) is 65.6 Å². The first-order chi connectivity index (χ1) is 32.5. The highest BCUT2D eigenvalue weighted by molar-refractivity contribution is 8.27. The number of aromatic nitrogens is 4. The topological polar surface area (TPSA) is 171 Å². The summed E-state index contributed by atoms with van der Waals surface area (Å²) in [6.07, 6.45) is 8.25. The zero-order chi connectivity index (χ0) is 49.2. The molecule has 3 N–H and O–H groups in total. The SMILES string of the molecule is CC(=O)O.CCCN1C(=O)/C(=C/c2c(NC(C)c3ccccc3)nc3c(C)cccn3c2=O)SC1=S.CCCN1C(=O)/C(=C/c2c(NC(C)c3ccccc3)nc3c(C)cccn3c2=O)SC1=S. The van der Waals surface area contributed by atoms with Gasteiger partial charge in [0, 0.05) is 44.5 Å². The molecule has 14 nitrogen and oxygen atoms in total. The van der Waals surface area contributed by atoms with E-state index in [-0.39, 0.29) is 35.0 Å². The maximum Gasteiger partial charge on any atom is 0.300 e. The van der Waals surface area contributed by atoms with Crippen molar-refractivity contribution in [2.24, 2.45) is 0 Å². The molecule has 8 rings (SSSR count). The van der Waals surface area contributed by atoms with Crippen molar-refractivity contribution in [1.82, 2.24) is 28.6 Å². The summed E-state index contributed by atoms with van der Waals surface area (Å²) in [7, 11) is 0. The van der Waals surface area contributed by atoms with Gasteiger partial charge in [-0.1, -0.05) is 135 Å². The quantitative estimate of drug-likeness (QED) is 0.0782. The Hall–Kier alpha value is -6.47. The molecule has 68 heavy (non-hydrogen) atoms. The summed E-state index contributed by atoms with van der Waals surface area (Å²) in [4.78, 5) is 75.3. The fourth-order valence-corrected chi connectivity index (χ4v) is 9.84. The number of aryl methyl sites for hydroxylation is 2. The van der Waals surface area contributed by atoms with Gasteiger partial charge >= 0.3 is 0 Å². The molecule has 2 saturated heterocycles.